The molecule has 6 nitrogen and oxygen atoms in total. The predicted octanol–water partition coefficient (Wildman–Crippen LogP) is 3.50. The quantitative estimate of drug-likeness (QED) is 0.567. The summed E-state index contributed by atoms with van der Waals surface area (Å²) >= 11 is 0. The van der Waals surface area contributed by atoms with Gasteiger partial charge < -0.3 is 9.64 Å². The summed E-state index contributed by atoms with van der Waals surface area (Å²) in [5, 5.41) is 4.35. The summed E-state index contributed by atoms with van der Waals surface area (Å²) in [6.45, 7) is 0.143. The lowest BCUT2D eigenvalue weighted by Crippen LogP contribution is -2.45. The van der Waals surface area contributed by atoms with E-state index in [1.165, 1.54) is 0 Å². The van der Waals surface area contributed by atoms with Gasteiger partial charge in [-0.15, -0.1) is 0 Å². The van der Waals surface area contributed by atoms with Gasteiger partial charge in [-0.1, -0.05) is 55.0 Å². The van der Waals surface area contributed by atoms with E-state index in [0.29, 0.717) is 6.54 Å². The highest BCUT2D eigenvalue weighted by atomic mass is 16.5. The molecule has 2 aromatic carbocycles. The number of rotatable bonds is 7. The summed E-state index contributed by atoms with van der Waals surface area (Å²) in [6.07, 6.45) is 6.14. The molecule has 30 heavy (non-hydrogen) atoms. The lowest BCUT2D eigenvalue weighted by molar-refractivity contribution is -0.160. The van der Waals surface area contributed by atoms with Crippen LogP contribution in [0.1, 0.15) is 30.4 Å². The SMILES string of the molecule is CN(Cc1cnn(-c2ccccc2)c1)C(=O)COC(=O)C1(c2ccccc2)CCC1. The molecule has 0 unspecified atom stereocenters. The largest absolute Gasteiger partial charge is 0.455 e. The summed E-state index contributed by atoms with van der Waals surface area (Å²) in [7, 11) is 1.70. The molecular weight excluding hydrogens is 378 g/mol. The van der Waals surface area contributed by atoms with Crippen LogP contribution in [0.2, 0.25) is 0 Å². The molecule has 4 rings (SSSR count). The minimum absolute atomic E-state index is 0.238. The molecule has 1 heterocycles. The van der Waals surface area contributed by atoms with E-state index in [0.717, 1.165) is 36.1 Å². The van der Waals surface area contributed by atoms with Gasteiger partial charge in [0, 0.05) is 25.4 Å². The number of carbonyl (C=O) groups excluding carboxylic acids is 2. The Hall–Kier alpha value is -3.41. The molecule has 6 heteroatoms. The molecule has 1 fully saturated rings. The maximum atomic E-state index is 12.8. The second-order valence-corrected chi connectivity index (χ2v) is 7.76. The molecule has 0 spiro atoms. The lowest BCUT2D eigenvalue weighted by Gasteiger charge is -2.39. The fourth-order valence-electron chi connectivity index (χ4n) is 3.80. The van der Waals surface area contributed by atoms with Crippen LogP contribution in [-0.4, -0.2) is 40.2 Å². The molecule has 1 aromatic heterocycles. The Kier molecular flexibility index (Phi) is 5.65. The second-order valence-electron chi connectivity index (χ2n) is 7.76. The van der Waals surface area contributed by atoms with Gasteiger partial charge >= 0.3 is 5.97 Å². The third kappa shape index (κ3) is 3.99. The third-order valence-electron chi connectivity index (χ3n) is 5.75. The predicted molar refractivity (Wildman–Crippen MR) is 113 cm³/mol. The minimum atomic E-state index is -0.600. The standard InChI is InChI=1S/C24H25N3O3/c1-26(16-19-15-25-27(17-19)21-11-6-3-7-12-21)22(28)18-30-23(29)24(13-8-14-24)20-9-4-2-5-10-20/h2-7,9-12,15,17H,8,13-14,16,18H2,1H3. The zero-order valence-corrected chi connectivity index (χ0v) is 17.0. The molecule has 0 bridgehead atoms. The number of amides is 1. The van der Waals surface area contributed by atoms with Gasteiger partial charge in [0.25, 0.3) is 5.91 Å². The van der Waals surface area contributed by atoms with Crippen molar-refractivity contribution in [1.82, 2.24) is 14.7 Å². The van der Waals surface area contributed by atoms with Crippen LogP contribution in [0.15, 0.2) is 73.1 Å². The second kappa shape index (κ2) is 8.53. The summed E-state index contributed by atoms with van der Waals surface area (Å²) < 4.78 is 7.22. The van der Waals surface area contributed by atoms with Crippen LogP contribution >= 0.6 is 0 Å². The van der Waals surface area contributed by atoms with Crippen LogP contribution < -0.4 is 0 Å². The monoisotopic (exact) mass is 403 g/mol. The van der Waals surface area contributed by atoms with Crippen LogP contribution in [0.3, 0.4) is 0 Å². The van der Waals surface area contributed by atoms with Gasteiger partial charge in [-0.2, -0.15) is 5.10 Å². The van der Waals surface area contributed by atoms with Crippen molar-refractivity contribution in [3.63, 3.8) is 0 Å². The van der Waals surface area contributed by atoms with Crippen molar-refractivity contribution in [3.05, 3.63) is 84.2 Å². The zero-order chi connectivity index (χ0) is 21.0. The van der Waals surface area contributed by atoms with E-state index in [4.69, 9.17) is 4.74 Å². The van der Waals surface area contributed by atoms with Gasteiger partial charge in [0.05, 0.1) is 17.3 Å². The Bertz CT molecular complexity index is 1010. The molecule has 0 aliphatic heterocycles. The van der Waals surface area contributed by atoms with Crippen molar-refractivity contribution >= 4 is 11.9 Å². The number of benzene rings is 2. The van der Waals surface area contributed by atoms with E-state index in [1.54, 1.807) is 22.8 Å². The first-order valence-electron chi connectivity index (χ1n) is 10.1. The van der Waals surface area contributed by atoms with E-state index >= 15 is 0 Å². The third-order valence-corrected chi connectivity index (χ3v) is 5.75. The minimum Gasteiger partial charge on any atom is -0.455 e. The van der Waals surface area contributed by atoms with Gasteiger partial charge in [-0.25, -0.2) is 4.68 Å². The van der Waals surface area contributed by atoms with E-state index in [-0.39, 0.29) is 18.5 Å². The maximum absolute atomic E-state index is 12.8. The first kappa shape index (κ1) is 19.9. The van der Waals surface area contributed by atoms with Crippen molar-refractivity contribution in [3.8, 4) is 5.69 Å². The average molecular weight is 403 g/mol. The summed E-state index contributed by atoms with van der Waals surface area (Å²) in [5.41, 5.74) is 2.23. The zero-order valence-electron chi connectivity index (χ0n) is 17.0. The molecule has 1 saturated carbocycles. The lowest BCUT2D eigenvalue weighted by atomic mass is 9.64. The maximum Gasteiger partial charge on any atom is 0.317 e. The molecule has 3 aromatic rings. The Labute approximate surface area is 176 Å². The number of likely N-dealkylation sites (N-methyl/N-ethyl adjacent to an activating group) is 1. The van der Waals surface area contributed by atoms with Crippen molar-refractivity contribution in [2.75, 3.05) is 13.7 Å². The molecule has 0 saturated heterocycles. The normalized spacial score (nSPS) is 14.6. The number of ether oxygens (including phenoxy) is 1. The Morgan fingerprint density at radius 1 is 1.07 bits per heavy atom. The molecule has 154 valence electrons. The van der Waals surface area contributed by atoms with Crippen LogP contribution in [-0.2, 0) is 26.3 Å². The van der Waals surface area contributed by atoms with Crippen LogP contribution in [0.5, 0.6) is 0 Å². The molecule has 1 amide bonds. The first-order valence-corrected chi connectivity index (χ1v) is 10.1. The molecule has 0 radical (unpaired) electrons. The average Bonchev–Trinajstić information content (AvgIpc) is 3.21. The van der Waals surface area contributed by atoms with Crippen LogP contribution in [0.25, 0.3) is 5.69 Å². The fourth-order valence-corrected chi connectivity index (χ4v) is 3.80. The molecule has 1 aliphatic carbocycles. The number of carbonyl (C=O) groups is 2. The van der Waals surface area contributed by atoms with Crippen LogP contribution in [0.4, 0.5) is 0 Å². The topological polar surface area (TPSA) is 64.4 Å². The highest BCUT2D eigenvalue weighted by Crippen LogP contribution is 2.44. The molecule has 0 N–H and O–H groups in total. The Morgan fingerprint density at radius 3 is 2.37 bits per heavy atom. The summed E-state index contributed by atoms with van der Waals surface area (Å²) in [4.78, 5) is 26.9. The Balaban J connectivity index is 1.33. The first-order chi connectivity index (χ1) is 14.6. The van der Waals surface area contributed by atoms with Gasteiger partial charge in [-0.05, 0) is 30.5 Å². The van der Waals surface area contributed by atoms with Crippen molar-refractivity contribution < 1.29 is 14.3 Å². The van der Waals surface area contributed by atoms with Gasteiger partial charge in [0.2, 0.25) is 0 Å². The van der Waals surface area contributed by atoms with E-state index in [2.05, 4.69) is 5.10 Å². The number of hydrogen-bond acceptors (Lipinski definition) is 4. The van der Waals surface area contributed by atoms with Gasteiger partial charge in [0.15, 0.2) is 6.61 Å². The number of nitrogens with zero attached hydrogens (tertiary/aromatic N) is 3. The highest BCUT2D eigenvalue weighted by molar-refractivity contribution is 5.87. The number of aromatic nitrogens is 2. The smallest absolute Gasteiger partial charge is 0.317 e. The van der Waals surface area contributed by atoms with Crippen molar-refractivity contribution in [2.24, 2.45) is 0 Å². The van der Waals surface area contributed by atoms with Crippen LogP contribution in [0, 0.1) is 0 Å². The number of esters is 1. The van der Waals surface area contributed by atoms with Gasteiger partial charge in [0.1, 0.15) is 0 Å². The number of para-hydroxylation sites is 1. The molecule has 0 atom stereocenters. The van der Waals surface area contributed by atoms with E-state index < -0.39 is 5.41 Å². The van der Waals surface area contributed by atoms with Crippen molar-refractivity contribution in [1.29, 1.82) is 0 Å². The summed E-state index contributed by atoms with van der Waals surface area (Å²) in [6, 6.07) is 19.5. The van der Waals surface area contributed by atoms with E-state index in [1.807, 2.05) is 66.9 Å². The van der Waals surface area contributed by atoms with Crippen molar-refractivity contribution in [2.45, 2.75) is 31.2 Å². The number of hydrogen-bond donors (Lipinski definition) is 0. The summed E-state index contributed by atoms with van der Waals surface area (Å²) in [5.74, 6) is -0.544. The highest BCUT2D eigenvalue weighted by Gasteiger charge is 2.47. The Morgan fingerprint density at radius 2 is 1.73 bits per heavy atom. The fraction of sp³-hybridized carbons (Fsp3) is 0.292. The van der Waals surface area contributed by atoms with Gasteiger partial charge in [-0.3, -0.25) is 9.59 Å². The molecular formula is C24H25N3O3. The van der Waals surface area contributed by atoms with E-state index in [9.17, 15) is 9.59 Å². The molecule has 1 aliphatic rings.